The van der Waals surface area contributed by atoms with Crippen molar-refractivity contribution < 1.29 is 28.6 Å². The van der Waals surface area contributed by atoms with Crippen LogP contribution in [-0.4, -0.2) is 41.4 Å². The molecule has 6 nitrogen and oxygen atoms in total. The standard InChI is InChI=1S/C27H34O6/c1-15-11-19(29)23(31-14-17-9-7-6-8-10-17)25(3)18(15)12-21(32-16(2)28)26(4)20(25)13-22-27(5,33-22)24(26)30/h6-10,15,18,20-23H,11-14H2,1-5H3/t15-,18+,20-,21-,22+,23+,25+,26+,27+/m1/s1. The number of esters is 1. The Morgan fingerprint density at radius 3 is 2.48 bits per heavy atom. The van der Waals surface area contributed by atoms with Crippen LogP contribution >= 0.6 is 0 Å². The Hall–Kier alpha value is -2.05. The van der Waals surface area contributed by atoms with E-state index < -0.39 is 28.6 Å². The maximum Gasteiger partial charge on any atom is 0.302 e. The molecule has 3 aliphatic carbocycles. The van der Waals surface area contributed by atoms with E-state index in [4.69, 9.17) is 14.2 Å². The molecule has 5 rings (SSSR count). The van der Waals surface area contributed by atoms with E-state index in [9.17, 15) is 14.4 Å². The fraction of sp³-hybridized carbons (Fsp3) is 0.667. The van der Waals surface area contributed by atoms with Crippen LogP contribution in [0.25, 0.3) is 0 Å². The third-order valence-corrected chi connectivity index (χ3v) is 9.38. The number of rotatable bonds is 4. The molecule has 0 unspecified atom stereocenters. The lowest BCUT2D eigenvalue weighted by Gasteiger charge is -2.63. The highest BCUT2D eigenvalue weighted by Crippen LogP contribution is 2.68. The van der Waals surface area contributed by atoms with E-state index in [0.29, 0.717) is 25.9 Å². The van der Waals surface area contributed by atoms with Gasteiger partial charge in [0.1, 0.15) is 12.2 Å². The van der Waals surface area contributed by atoms with Gasteiger partial charge in [-0.1, -0.05) is 44.2 Å². The van der Waals surface area contributed by atoms with Gasteiger partial charge in [0.05, 0.1) is 18.1 Å². The average Bonchev–Trinajstić information content (AvgIpc) is 3.43. The fourth-order valence-electron chi connectivity index (χ4n) is 7.68. The predicted molar refractivity (Wildman–Crippen MR) is 120 cm³/mol. The number of ether oxygens (including phenoxy) is 3. The van der Waals surface area contributed by atoms with Crippen LogP contribution in [-0.2, 0) is 35.2 Å². The molecule has 0 amide bonds. The SMILES string of the molecule is CC(=O)O[C@@H]1C[C@H]2[C@H](C)CC(=O)[C@H](OCc3ccccc3)[C@]2(C)[C@H]2C[C@@H]3O[C@]3(C)C(=O)[C@]12C. The molecule has 1 aliphatic heterocycles. The third kappa shape index (κ3) is 3.17. The summed E-state index contributed by atoms with van der Waals surface area (Å²) in [6.45, 7) is 9.75. The van der Waals surface area contributed by atoms with Crippen molar-refractivity contribution >= 4 is 17.5 Å². The highest BCUT2D eigenvalue weighted by molar-refractivity contribution is 5.97. The number of hydrogen-bond acceptors (Lipinski definition) is 6. The van der Waals surface area contributed by atoms with E-state index in [1.165, 1.54) is 6.92 Å². The van der Waals surface area contributed by atoms with Gasteiger partial charge in [-0.25, -0.2) is 0 Å². The molecule has 1 heterocycles. The summed E-state index contributed by atoms with van der Waals surface area (Å²) in [6.07, 6.45) is 0.347. The molecule has 0 N–H and O–H groups in total. The minimum atomic E-state index is -0.926. The summed E-state index contributed by atoms with van der Waals surface area (Å²) in [5, 5.41) is 0. The lowest BCUT2D eigenvalue weighted by molar-refractivity contribution is -0.226. The Morgan fingerprint density at radius 2 is 1.82 bits per heavy atom. The maximum atomic E-state index is 13.9. The van der Waals surface area contributed by atoms with Crippen molar-refractivity contribution in [1.82, 2.24) is 0 Å². The van der Waals surface area contributed by atoms with Gasteiger partial charge in [-0.3, -0.25) is 14.4 Å². The number of Topliss-reactive ketones (excluding diaryl/α,β-unsaturated/α-hetero) is 2. The van der Waals surface area contributed by atoms with Crippen molar-refractivity contribution in [2.75, 3.05) is 0 Å². The van der Waals surface area contributed by atoms with E-state index >= 15 is 0 Å². The second kappa shape index (κ2) is 7.47. The Labute approximate surface area is 195 Å². The Kier molecular flexibility index (Phi) is 5.15. The van der Waals surface area contributed by atoms with Crippen molar-refractivity contribution in [2.45, 2.75) is 84.4 Å². The zero-order chi connectivity index (χ0) is 23.8. The highest BCUT2D eigenvalue weighted by Gasteiger charge is 2.77. The molecule has 0 bridgehead atoms. The number of benzene rings is 1. The lowest BCUT2D eigenvalue weighted by Crippen LogP contribution is -2.70. The maximum absolute atomic E-state index is 13.9. The van der Waals surface area contributed by atoms with Gasteiger partial charge in [0.15, 0.2) is 17.2 Å². The number of ketones is 2. The molecule has 0 radical (unpaired) electrons. The normalized spacial score (nSPS) is 46.1. The molecule has 3 saturated carbocycles. The van der Waals surface area contributed by atoms with Crippen LogP contribution in [0.3, 0.4) is 0 Å². The summed E-state index contributed by atoms with van der Waals surface area (Å²) < 4.78 is 18.2. The van der Waals surface area contributed by atoms with E-state index in [-0.39, 0.29) is 41.4 Å². The molecule has 6 heteroatoms. The quantitative estimate of drug-likeness (QED) is 0.507. The van der Waals surface area contributed by atoms with Crippen molar-refractivity contribution in [2.24, 2.45) is 28.6 Å². The molecule has 4 fully saturated rings. The van der Waals surface area contributed by atoms with Crippen LogP contribution in [0.1, 0.15) is 59.4 Å². The Morgan fingerprint density at radius 1 is 1.12 bits per heavy atom. The van der Waals surface area contributed by atoms with Crippen LogP contribution < -0.4 is 0 Å². The first kappa shape index (κ1) is 22.7. The lowest BCUT2D eigenvalue weighted by atomic mass is 9.41. The van der Waals surface area contributed by atoms with E-state index in [2.05, 4.69) is 13.8 Å². The number of hydrogen-bond donors (Lipinski definition) is 0. The van der Waals surface area contributed by atoms with Crippen molar-refractivity contribution in [3.8, 4) is 0 Å². The Balaban J connectivity index is 1.57. The average molecular weight is 455 g/mol. The van der Waals surface area contributed by atoms with Gasteiger partial charge in [-0.15, -0.1) is 0 Å². The largest absolute Gasteiger partial charge is 0.461 e. The number of carbonyl (C=O) groups excluding carboxylic acids is 3. The highest BCUT2D eigenvalue weighted by atomic mass is 16.6. The van der Waals surface area contributed by atoms with Crippen LogP contribution in [0.15, 0.2) is 30.3 Å². The molecule has 1 aromatic carbocycles. The molecule has 1 saturated heterocycles. The van der Waals surface area contributed by atoms with Gasteiger partial charge in [-0.2, -0.15) is 0 Å². The van der Waals surface area contributed by atoms with Gasteiger partial charge in [0.2, 0.25) is 0 Å². The Bertz CT molecular complexity index is 990. The van der Waals surface area contributed by atoms with Gasteiger partial charge in [0, 0.05) is 18.8 Å². The zero-order valence-corrected chi connectivity index (χ0v) is 20.1. The molecule has 9 atom stereocenters. The van der Waals surface area contributed by atoms with Crippen molar-refractivity contribution in [3.63, 3.8) is 0 Å². The monoisotopic (exact) mass is 454 g/mol. The summed E-state index contributed by atoms with van der Waals surface area (Å²) >= 11 is 0. The minimum Gasteiger partial charge on any atom is -0.461 e. The fourth-order valence-corrected chi connectivity index (χ4v) is 7.68. The van der Waals surface area contributed by atoms with E-state index in [1.807, 2.05) is 44.2 Å². The van der Waals surface area contributed by atoms with E-state index in [0.717, 1.165) is 5.56 Å². The van der Waals surface area contributed by atoms with Gasteiger partial charge < -0.3 is 14.2 Å². The van der Waals surface area contributed by atoms with Crippen LogP contribution in [0.2, 0.25) is 0 Å². The molecular formula is C27H34O6. The van der Waals surface area contributed by atoms with Crippen LogP contribution in [0.5, 0.6) is 0 Å². The number of epoxide rings is 1. The van der Waals surface area contributed by atoms with Crippen LogP contribution in [0, 0.1) is 28.6 Å². The van der Waals surface area contributed by atoms with E-state index in [1.54, 1.807) is 0 Å². The predicted octanol–water partition coefficient (Wildman–Crippen LogP) is 3.89. The molecule has 178 valence electrons. The van der Waals surface area contributed by atoms with Gasteiger partial charge in [-0.05, 0) is 50.0 Å². The molecular weight excluding hydrogens is 420 g/mol. The molecule has 4 aliphatic rings. The molecule has 33 heavy (non-hydrogen) atoms. The first-order valence-corrected chi connectivity index (χ1v) is 12.1. The van der Waals surface area contributed by atoms with Crippen molar-refractivity contribution in [1.29, 1.82) is 0 Å². The topological polar surface area (TPSA) is 82.2 Å². The summed E-state index contributed by atoms with van der Waals surface area (Å²) in [5.41, 5.74) is -1.29. The zero-order valence-electron chi connectivity index (χ0n) is 20.1. The first-order chi connectivity index (χ1) is 15.5. The molecule has 1 aromatic rings. The molecule has 0 spiro atoms. The van der Waals surface area contributed by atoms with Crippen molar-refractivity contribution in [3.05, 3.63) is 35.9 Å². The summed E-state index contributed by atoms with van der Waals surface area (Å²) in [7, 11) is 0. The smallest absolute Gasteiger partial charge is 0.302 e. The minimum absolute atomic E-state index is 0.00494. The first-order valence-electron chi connectivity index (χ1n) is 12.1. The second-order valence-corrected chi connectivity index (χ2v) is 11.2. The summed E-state index contributed by atoms with van der Waals surface area (Å²) in [4.78, 5) is 39.4. The van der Waals surface area contributed by atoms with Gasteiger partial charge >= 0.3 is 5.97 Å². The second-order valence-electron chi connectivity index (χ2n) is 11.2. The summed E-state index contributed by atoms with van der Waals surface area (Å²) in [5.74, 6) is -0.261. The van der Waals surface area contributed by atoms with Crippen LogP contribution in [0.4, 0.5) is 0 Å². The summed E-state index contributed by atoms with van der Waals surface area (Å²) in [6, 6.07) is 9.85. The van der Waals surface area contributed by atoms with Gasteiger partial charge in [0.25, 0.3) is 0 Å². The third-order valence-electron chi connectivity index (χ3n) is 9.38. The number of carbonyl (C=O) groups is 3. The number of fused-ring (bicyclic) bond motifs is 4. The molecule has 0 aromatic heterocycles.